The summed E-state index contributed by atoms with van der Waals surface area (Å²) in [6.45, 7) is 6.49. The summed E-state index contributed by atoms with van der Waals surface area (Å²) in [4.78, 5) is 38.1. The third-order valence-corrected chi connectivity index (χ3v) is 11.7. The maximum absolute atomic E-state index is 12.8. The summed E-state index contributed by atoms with van der Waals surface area (Å²) in [6, 6.07) is 0. The number of rotatable bonds is 50. The van der Waals surface area contributed by atoms with Gasteiger partial charge in [0.1, 0.15) is 13.2 Å². The fraction of sp³-hybridized carbons (Fsp3) is 0.667. The fourth-order valence-electron chi connectivity index (χ4n) is 7.42. The Labute approximate surface area is 425 Å². The summed E-state index contributed by atoms with van der Waals surface area (Å²) in [7, 11) is 0. The largest absolute Gasteiger partial charge is 0.462 e. The molecule has 6 nitrogen and oxygen atoms in total. The van der Waals surface area contributed by atoms with Crippen LogP contribution in [-0.4, -0.2) is 37.2 Å². The van der Waals surface area contributed by atoms with Gasteiger partial charge in [-0.05, 0) is 122 Å². The first-order valence-corrected chi connectivity index (χ1v) is 28.4. The number of ether oxygens (including phenoxy) is 3. The van der Waals surface area contributed by atoms with Crippen molar-refractivity contribution in [3.8, 4) is 0 Å². The Bertz CT molecular complexity index is 1420. The Morgan fingerprint density at radius 1 is 0.290 bits per heavy atom. The SMILES string of the molecule is CCCCC/C=C\C/C=C\C/C=C\CCCCCCC(=O)OC[C@H](COC(=O)CCC/C=C\C/C=C\C/C=C\CCCCCCCC)OC(=O)CCC/C=C\C/C=C\C/C=C\CCCCCCCC. The molecule has 0 heterocycles. The van der Waals surface area contributed by atoms with Gasteiger partial charge in [-0.2, -0.15) is 0 Å². The van der Waals surface area contributed by atoms with Crippen LogP contribution in [0.25, 0.3) is 0 Å². The summed E-state index contributed by atoms with van der Waals surface area (Å²) in [5.74, 6) is -1.05. The fourth-order valence-corrected chi connectivity index (χ4v) is 7.42. The molecule has 0 spiro atoms. The Hall–Kier alpha value is -3.93. The van der Waals surface area contributed by atoms with Gasteiger partial charge in [0, 0.05) is 19.3 Å². The van der Waals surface area contributed by atoms with E-state index in [-0.39, 0.29) is 44.0 Å². The summed E-state index contributed by atoms with van der Waals surface area (Å²) < 4.78 is 16.7. The van der Waals surface area contributed by atoms with Crippen LogP contribution in [0.4, 0.5) is 0 Å². The first-order chi connectivity index (χ1) is 34.0. The lowest BCUT2D eigenvalue weighted by atomic mass is 10.1. The predicted octanol–water partition coefficient (Wildman–Crippen LogP) is 19.1. The molecular formula is C63H104O6. The highest BCUT2D eigenvalue weighted by molar-refractivity contribution is 5.71. The Morgan fingerprint density at radius 2 is 0.536 bits per heavy atom. The number of unbranched alkanes of at least 4 members (excludes halogenated alkanes) is 21. The molecular weight excluding hydrogens is 853 g/mol. The van der Waals surface area contributed by atoms with Crippen molar-refractivity contribution >= 4 is 17.9 Å². The van der Waals surface area contributed by atoms with Gasteiger partial charge in [-0.25, -0.2) is 0 Å². The molecule has 1 atom stereocenters. The van der Waals surface area contributed by atoms with Gasteiger partial charge in [0.05, 0.1) is 0 Å². The van der Waals surface area contributed by atoms with Crippen molar-refractivity contribution in [3.63, 3.8) is 0 Å². The number of esters is 3. The molecule has 0 bridgehead atoms. The van der Waals surface area contributed by atoms with Gasteiger partial charge < -0.3 is 14.2 Å². The Morgan fingerprint density at radius 3 is 0.899 bits per heavy atom. The maximum Gasteiger partial charge on any atom is 0.306 e. The minimum absolute atomic E-state index is 0.127. The summed E-state index contributed by atoms with van der Waals surface area (Å²) in [5.41, 5.74) is 0. The van der Waals surface area contributed by atoms with E-state index in [2.05, 4.69) is 130 Å². The summed E-state index contributed by atoms with van der Waals surface area (Å²) in [5, 5.41) is 0. The molecule has 0 rings (SSSR count). The van der Waals surface area contributed by atoms with Crippen LogP contribution in [-0.2, 0) is 28.6 Å². The standard InChI is InChI=1S/C63H104O6/c1-4-7-10-13-16-19-22-25-28-31-34-37-40-43-46-49-52-55-61(64)67-58-60(69-63(66)57-54-51-48-45-42-39-36-33-30-27-24-21-18-15-12-9-6-3)59-68-62(65)56-53-50-47-44-41-38-35-32-29-26-23-20-17-14-11-8-5-2/h16,19,25-30,34-39,44-45,47-48,60H,4-15,17-18,20-24,31-33,40-43,46,49-59H2,1-3H3/b19-16-,28-25-,29-26-,30-27-,37-34-,38-35-,39-36-,47-44-,48-45-/t60-/m1/s1. The van der Waals surface area contributed by atoms with Gasteiger partial charge in [0.2, 0.25) is 0 Å². The number of hydrogen-bond donors (Lipinski definition) is 0. The lowest BCUT2D eigenvalue weighted by Gasteiger charge is -2.18. The lowest BCUT2D eigenvalue weighted by Crippen LogP contribution is -2.30. The molecule has 0 aliphatic heterocycles. The molecule has 0 saturated heterocycles. The zero-order valence-corrected chi connectivity index (χ0v) is 44.8. The van der Waals surface area contributed by atoms with Gasteiger partial charge in [-0.3, -0.25) is 14.4 Å². The van der Waals surface area contributed by atoms with Crippen molar-refractivity contribution in [3.05, 3.63) is 109 Å². The highest BCUT2D eigenvalue weighted by Crippen LogP contribution is 2.12. The van der Waals surface area contributed by atoms with Crippen LogP contribution in [0.1, 0.15) is 252 Å². The molecule has 0 aliphatic rings. The molecule has 0 fully saturated rings. The molecule has 0 aromatic heterocycles. The van der Waals surface area contributed by atoms with E-state index < -0.39 is 6.10 Å². The van der Waals surface area contributed by atoms with Gasteiger partial charge in [0.15, 0.2) is 6.10 Å². The molecule has 0 aromatic carbocycles. The summed E-state index contributed by atoms with van der Waals surface area (Å²) >= 11 is 0. The highest BCUT2D eigenvalue weighted by atomic mass is 16.6. The highest BCUT2D eigenvalue weighted by Gasteiger charge is 2.19. The maximum atomic E-state index is 12.8. The van der Waals surface area contributed by atoms with Crippen LogP contribution in [0.2, 0.25) is 0 Å². The van der Waals surface area contributed by atoms with Crippen molar-refractivity contribution in [2.75, 3.05) is 13.2 Å². The number of hydrogen-bond acceptors (Lipinski definition) is 6. The Kier molecular flexibility index (Phi) is 53.4. The van der Waals surface area contributed by atoms with Gasteiger partial charge >= 0.3 is 17.9 Å². The normalized spacial score (nSPS) is 12.9. The number of carbonyl (C=O) groups is 3. The van der Waals surface area contributed by atoms with E-state index in [1.54, 1.807) is 0 Å². The second-order valence-electron chi connectivity index (χ2n) is 18.5. The van der Waals surface area contributed by atoms with Crippen LogP contribution in [0.3, 0.4) is 0 Å². The van der Waals surface area contributed by atoms with Gasteiger partial charge in [0.25, 0.3) is 0 Å². The zero-order chi connectivity index (χ0) is 50.0. The van der Waals surface area contributed by atoms with Crippen LogP contribution in [0.15, 0.2) is 109 Å². The molecule has 0 unspecified atom stereocenters. The zero-order valence-electron chi connectivity index (χ0n) is 44.8. The van der Waals surface area contributed by atoms with E-state index in [4.69, 9.17) is 14.2 Å². The predicted molar refractivity (Wildman–Crippen MR) is 297 cm³/mol. The van der Waals surface area contributed by atoms with Crippen molar-refractivity contribution in [2.45, 2.75) is 258 Å². The second-order valence-corrected chi connectivity index (χ2v) is 18.5. The van der Waals surface area contributed by atoms with Gasteiger partial charge in [-0.15, -0.1) is 0 Å². The van der Waals surface area contributed by atoms with E-state index in [0.29, 0.717) is 19.3 Å². The van der Waals surface area contributed by atoms with Crippen LogP contribution >= 0.6 is 0 Å². The molecule has 0 aliphatic carbocycles. The van der Waals surface area contributed by atoms with E-state index in [1.807, 2.05) is 0 Å². The molecule has 69 heavy (non-hydrogen) atoms. The molecule has 0 aromatic rings. The van der Waals surface area contributed by atoms with E-state index in [1.165, 1.54) is 116 Å². The van der Waals surface area contributed by atoms with E-state index in [9.17, 15) is 14.4 Å². The molecule has 0 N–H and O–H groups in total. The average molecular weight is 958 g/mol. The molecule has 0 saturated carbocycles. The monoisotopic (exact) mass is 957 g/mol. The third kappa shape index (κ3) is 54.9. The quantitative estimate of drug-likeness (QED) is 0.0262. The topological polar surface area (TPSA) is 78.9 Å². The van der Waals surface area contributed by atoms with Gasteiger partial charge in [-0.1, -0.05) is 220 Å². The minimum atomic E-state index is -0.836. The van der Waals surface area contributed by atoms with E-state index >= 15 is 0 Å². The minimum Gasteiger partial charge on any atom is -0.462 e. The first-order valence-electron chi connectivity index (χ1n) is 28.4. The number of carbonyl (C=O) groups excluding carboxylic acids is 3. The smallest absolute Gasteiger partial charge is 0.306 e. The van der Waals surface area contributed by atoms with Crippen molar-refractivity contribution in [1.82, 2.24) is 0 Å². The van der Waals surface area contributed by atoms with Crippen LogP contribution in [0.5, 0.6) is 0 Å². The first kappa shape index (κ1) is 65.1. The molecule has 0 radical (unpaired) electrons. The molecule has 6 heteroatoms. The van der Waals surface area contributed by atoms with Crippen molar-refractivity contribution < 1.29 is 28.6 Å². The molecule has 0 amide bonds. The Balaban J connectivity index is 4.59. The van der Waals surface area contributed by atoms with Crippen molar-refractivity contribution in [2.24, 2.45) is 0 Å². The second kappa shape index (κ2) is 56.7. The van der Waals surface area contributed by atoms with Crippen LogP contribution in [0, 0.1) is 0 Å². The average Bonchev–Trinajstić information content (AvgIpc) is 3.35. The number of allylic oxidation sites excluding steroid dienone is 18. The van der Waals surface area contributed by atoms with Crippen LogP contribution < -0.4 is 0 Å². The lowest BCUT2D eigenvalue weighted by molar-refractivity contribution is -0.167. The third-order valence-electron chi connectivity index (χ3n) is 11.7. The summed E-state index contributed by atoms with van der Waals surface area (Å²) in [6.07, 6.45) is 76.6. The van der Waals surface area contributed by atoms with E-state index in [0.717, 1.165) is 83.5 Å². The van der Waals surface area contributed by atoms with Crippen molar-refractivity contribution in [1.29, 1.82) is 0 Å². The molecule has 392 valence electrons.